The van der Waals surface area contributed by atoms with Crippen molar-refractivity contribution in [1.29, 1.82) is 0 Å². The number of amides is 1. The van der Waals surface area contributed by atoms with Crippen LogP contribution in [0, 0.1) is 6.92 Å². The number of anilines is 1. The van der Waals surface area contributed by atoms with Crippen LogP contribution in [0.1, 0.15) is 5.56 Å². The molecule has 2 N–H and O–H groups in total. The highest BCUT2D eigenvalue weighted by Crippen LogP contribution is 2.26. The molecule has 0 saturated carbocycles. The summed E-state index contributed by atoms with van der Waals surface area (Å²) in [5.74, 6) is -0.147. The molecule has 0 bridgehead atoms. The van der Waals surface area contributed by atoms with Crippen LogP contribution in [0.4, 0.5) is 5.69 Å². The van der Waals surface area contributed by atoms with E-state index in [0.717, 1.165) is 22.5 Å². The molecule has 0 aliphatic carbocycles. The summed E-state index contributed by atoms with van der Waals surface area (Å²) in [6.07, 6.45) is 0. The molecule has 1 amide bonds. The second-order valence-corrected chi connectivity index (χ2v) is 5.81. The molecule has 0 fully saturated rings. The van der Waals surface area contributed by atoms with E-state index in [-0.39, 0.29) is 10.7 Å². The molecule has 8 heteroatoms. The monoisotopic (exact) mass is 399 g/mol. The summed E-state index contributed by atoms with van der Waals surface area (Å²) in [5.41, 5.74) is 1.57. The Hall–Kier alpha value is -0.120. The van der Waals surface area contributed by atoms with Gasteiger partial charge in [-0.3, -0.25) is 4.79 Å². The molecule has 0 aromatic heterocycles. The number of carbonyl (C=O) groups excluding carboxylic acids is 1. The van der Waals surface area contributed by atoms with E-state index in [4.69, 9.17) is 5.26 Å². The first-order chi connectivity index (χ1) is 8.58. The van der Waals surface area contributed by atoms with Crippen molar-refractivity contribution in [2.45, 2.75) is 16.6 Å². The maximum atomic E-state index is 11.7. The van der Waals surface area contributed by atoms with Crippen LogP contribution in [0.3, 0.4) is 0 Å². The summed E-state index contributed by atoms with van der Waals surface area (Å²) < 4.78 is 4.37. The molecule has 0 spiro atoms. The molecule has 18 heavy (non-hydrogen) atoms. The van der Waals surface area contributed by atoms with Crippen molar-refractivity contribution >= 4 is 55.5 Å². The Morgan fingerprint density at radius 1 is 1.61 bits per heavy atom. The third-order valence-electron chi connectivity index (χ3n) is 2.03. The lowest BCUT2D eigenvalue weighted by molar-refractivity contribution is -0.432. The zero-order valence-electron chi connectivity index (χ0n) is 9.35. The summed E-state index contributed by atoms with van der Waals surface area (Å²) >= 11 is 7.30. The fraction of sp³-hybridized carbons (Fsp3) is 0.300. The first kappa shape index (κ1) is 15.9. The summed E-state index contributed by atoms with van der Waals surface area (Å²) in [4.78, 5) is 12.1. The maximum Gasteiger partial charge on any atom is 0.239 e. The molecule has 100 valence electrons. The van der Waals surface area contributed by atoms with Gasteiger partial charge < -0.3 is 5.32 Å². The minimum atomic E-state index is -0.299. The van der Waals surface area contributed by atoms with Gasteiger partial charge in [0, 0.05) is 15.9 Å². The molecule has 1 aromatic carbocycles. The molecule has 0 saturated heterocycles. The Morgan fingerprint density at radius 2 is 2.33 bits per heavy atom. The lowest BCUT2D eigenvalue weighted by Gasteiger charge is -2.10. The van der Waals surface area contributed by atoms with E-state index in [1.54, 1.807) is 12.1 Å². The predicted molar refractivity (Wildman–Crippen MR) is 77.0 cm³/mol. The number of nitrogens with one attached hydrogen (secondary N) is 1. The van der Waals surface area contributed by atoms with Gasteiger partial charge in [-0.15, -0.1) is 4.33 Å². The average Bonchev–Trinajstić information content (AvgIpc) is 2.38. The average molecular weight is 401 g/mol. The van der Waals surface area contributed by atoms with E-state index >= 15 is 0 Å². The molecule has 0 heterocycles. The lowest BCUT2D eigenvalue weighted by atomic mass is 10.2. The SMILES string of the molecule is Cc1ccc(NC(=O)C(Br)CBr)cc1SOOO. The van der Waals surface area contributed by atoms with Crippen LogP contribution in [-0.2, 0) is 14.2 Å². The van der Waals surface area contributed by atoms with Crippen LogP contribution in [0.5, 0.6) is 0 Å². The molecule has 1 rings (SSSR count). The molecule has 1 atom stereocenters. The van der Waals surface area contributed by atoms with Crippen molar-refractivity contribution in [2.24, 2.45) is 0 Å². The Balaban J connectivity index is 2.75. The number of carbonyl (C=O) groups is 1. The van der Waals surface area contributed by atoms with Gasteiger partial charge in [0.15, 0.2) is 0 Å². The van der Waals surface area contributed by atoms with Gasteiger partial charge in [-0.25, -0.2) is 5.26 Å². The van der Waals surface area contributed by atoms with Crippen LogP contribution in [0.2, 0.25) is 0 Å². The fourth-order valence-electron chi connectivity index (χ4n) is 1.11. The third-order valence-corrected chi connectivity index (χ3v) is 5.03. The second-order valence-electron chi connectivity index (χ2n) is 3.32. The van der Waals surface area contributed by atoms with E-state index in [9.17, 15) is 4.79 Å². The van der Waals surface area contributed by atoms with Gasteiger partial charge in [-0.05, 0) is 24.6 Å². The van der Waals surface area contributed by atoms with E-state index in [1.165, 1.54) is 0 Å². The Morgan fingerprint density at radius 3 is 2.94 bits per heavy atom. The van der Waals surface area contributed by atoms with Crippen LogP contribution in [0.15, 0.2) is 23.1 Å². The Bertz CT molecular complexity index is 419. The van der Waals surface area contributed by atoms with Gasteiger partial charge >= 0.3 is 0 Å². The summed E-state index contributed by atoms with van der Waals surface area (Å²) in [6.45, 7) is 1.88. The van der Waals surface area contributed by atoms with E-state index in [2.05, 4.69) is 46.5 Å². The smallest absolute Gasteiger partial charge is 0.239 e. The molecule has 5 nitrogen and oxygen atoms in total. The van der Waals surface area contributed by atoms with Crippen molar-refractivity contribution < 1.29 is 19.4 Å². The number of rotatable bonds is 6. The van der Waals surface area contributed by atoms with E-state index < -0.39 is 0 Å². The van der Waals surface area contributed by atoms with Crippen molar-refractivity contribution in [2.75, 3.05) is 10.6 Å². The number of benzene rings is 1. The van der Waals surface area contributed by atoms with Crippen molar-refractivity contribution in [1.82, 2.24) is 0 Å². The molecule has 1 aromatic rings. The summed E-state index contributed by atoms with van der Waals surface area (Å²) in [6, 6.07) is 5.34. The predicted octanol–water partition coefficient (Wildman–Crippen LogP) is 3.52. The van der Waals surface area contributed by atoms with E-state index in [1.807, 2.05) is 13.0 Å². The molecule has 1 unspecified atom stereocenters. The van der Waals surface area contributed by atoms with Crippen LogP contribution < -0.4 is 5.32 Å². The number of aryl methyl sites for hydroxylation is 1. The number of hydrogen-bond acceptors (Lipinski definition) is 5. The van der Waals surface area contributed by atoms with Gasteiger partial charge in [0.25, 0.3) is 0 Å². The van der Waals surface area contributed by atoms with Crippen molar-refractivity contribution in [3.8, 4) is 0 Å². The van der Waals surface area contributed by atoms with Crippen LogP contribution in [0.25, 0.3) is 0 Å². The first-order valence-electron chi connectivity index (χ1n) is 4.84. The number of alkyl halides is 2. The van der Waals surface area contributed by atoms with Gasteiger partial charge in [-0.1, -0.05) is 43.0 Å². The maximum absolute atomic E-state index is 11.7. The zero-order valence-corrected chi connectivity index (χ0v) is 13.3. The minimum absolute atomic E-state index is 0.147. The molecular weight excluding hydrogens is 390 g/mol. The highest BCUT2D eigenvalue weighted by Gasteiger charge is 2.13. The molecular formula is C10H11Br2NO4S. The fourth-order valence-corrected chi connectivity index (χ4v) is 2.00. The topological polar surface area (TPSA) is 67.8 Å². The highest BCUT2D eigenvalue weighted by atomic mass is 79.9. The quantitative estimate of drug-likeness (QED) is 0.331. The molecule has 0 aliphatic rings. The van der Waals surface area contributed by atoms with Crippen LogP contribution >= 0.6 is 43.9 Å². The standard InChI is InChI=1S/C10H11Br2NO4S/c1-6-2-3-7(4-9(6)18-17-16-15)13-10(14)8(12)5-11/h2-4,8,15H,5H2,1H3,(H,13,14). The van der Waals surface area contributed by atoms with Gasteiger partial charge in [0.2, 0.25) is 5.91 Å². The van der Waals surface area contributed by atoms with Gasteiger partial charge in [0.05, 0.1) is 12.0 Å². The third kappa shape index (κ3) is 4.87. The van der Waals surface area contributed by atoms with E-state index in [0.29, 0.717) is 11.0 Å². The lowest BCUT2D eigenvalue weighted by Crippen LogP contribution is -2.23. The van der Waals surface area contributed by atoms with Gasteiger partial charge in [-0.2, -0.15) is 0 Å². The Kier molecular flexibility index (Phi) is 7.20. The molecule has 0 radical (unpaired) electrons. The molecule has 0 aliphatic heterocycles. The number of halogens is 2. The Labute approximate surface area is 126 Å². The van der Waals surface area contributed by atoms with Crippen molar-refractivity contribution in [3.63, 3.8) is 0 Å². The van der Waals surface area contributed by atoms with Crippen molar-refractivity contribution in [3.05, 3.63) is 23.8 Å². The largest absolute Gasteiger partial charge is 0.325 e. The first-order valence-corrected chi connectivity index (χ1v) is 7.62. The summed E-state index contributed by atoms with van der Waals surface area (Å²) in [7, 11) is 0. The number of hydrogen-bond donors (Lipinski definition) is 2. The highest BCUT2D eigenvalue weighted by molar-refractivity contribution is 9.12. The van der Waals surface area contributed by atoms with Gasteiger partial charge in [0.1, 0.15) is 4.83 Å². The minimum Gasteiger partial charge on any atom is -0.325 e. The normalized spacial score (nSPS) is 12.2. The van der Waals surface area contributed by atoms with Crippen LogP contribution in [-0.4, -0.2) is 21.3 Å². The zero-order chi connectivity index (χ0) is 13.5. The summed E-state index contributed by atoms with van der Waals surface area (Å²) in [5, 5.41) is 14.9. The second kappa shape index (κ2) is 8.13.